The minimum absolute atomic E-state index is 0.868. The number of rotatable bonds is 2. The van der Waals surface area contributed by atoms with Crippen LogP contribution in [-0.4, -0.2) is 11.7 Å². The highest BCUT2D eigenvalue weighted by Crippen LogP contribution is 2.22. The van der Waals surface area contributed by atoms with Gasteiger partial charge in [0.15, 0.2) is 0 Å². The summed E-state index contributed by atoms with van der Waals surface area (Å²) in [5, 5.41) is 2.31. The molecule has 0 aliphatic rings. The van der Waals surface area contributed by atoms with Crippen LogP contribution in [0.2, 0.25) is 0 Å². The minimum atomic E-state index is 0.868. The minimum Gasteiger partial charge on any atom is -0.497 e. The highest BCUT2D eigenvalue weighted by Gasteiger charge is 2.01. The van der Waals surface area contributed by atoms with E-state index in [2.05, 4.69) is 40.7 Å². The van der Waals surface area contributed by atoms with E-state index in [0.717, 1.165) is 33.3 Å². The molecule has 0 aliphatic heterocycles. The summed E-state index contributed by atoms with van der Waals surface area (Å²) in [6, 6.07) is 24.5. The van der Waals surface area contributed by atoms with Gasteiger partial charge in [0.25, 0.3) is 0 Å². The van der Waals surface area contributed by atoms with Crippen LogP contribution in [0.5, 0.6) is 5.75 Å². The van der Waals surface area contributed by atoms with Crippen LogP contribution in [0.4, 0.5) is 0 Å². The van der Waals surface area contributed by atoms with Crippen molar-refractivity contribution in [2.75, 3.05) is 7.11 Å². The molecule has 25 heavy (non-hydrogen) atoms. The summed E-state index contributed by atoms with van der Waals surface area (Å²) >= 11 is 0. The molecule has 2 heteroatoms. The number of benzene rings is 3. The smallest absolute Gasteiger partial charge is 0.119 e. The van der Waals surface area contributed by atoms with Crippen molar-refractivity contribution in [3.63, 3.8) is 0 Å². The fourth-order valence-corrected chi connectivity index (χ4v) is 2.87. The third-order valence-electron chi connectivity index (χ3n) is 4.18. The van der Waals surface area contributed by atoms with E-state index in [1.807, 2.05) is 60.9 Å². The third kappa shape index (κ3) is 3.13. The van der Waals surface area contributed by atoms with E-state index in [9.17, 15) is 0 Å². The molecule has 0 radical (unpaired) electrons. The molecule has 0 saturated carbocycles. The molecule has 1 aromatic heterocycles. The van der Waals surface area contributed by atoms with E-state index in [-0.39, 0.29) is 0 Å². The summed E-state index contributed by atoms with van der Waals surface area (Å²) in [6.45, 7) is 0. The van der Waals surface area contributed by atoms with Crippen molar-refractivity contribution in [1.29, 1.82) is 0 Å². The molecular weight excluding hydrogens is 306 g/mol. The Morgan fingerprint density at radius 3 is 2.36 bits per heavy atom. The predicted octanol–water partition coefficient (Wildman–Crippen LogP) is 5.04. The van der Waals surface area contributed by atoms with Crippen molar-refractivity contribution >= 4 is 10.8 Å². The van der Waals surface area contributed by atoms with Crippen LogP contribution in [0.3, 0.4) is 0 Å². The molecular formula is C23H17NO. The van der Waals surface area contributed by atoms with Gasteiger partial charge in [-0.2, -0.15) is 0 Å². The Labute approximate surface area is 147 Å². The molecule has 120 valence electrons. The molecule has 1 heterocycles. The SMILES string of the molecule is COc1ccc2cc(C#Cc3ccccc3-n3cccc3)ccc2c1. The predicted molar refractivity (Wildman–Crippen MR) is 102 cm³/mol. The standard InChI is InChI=1S/C23H17NO/c1-25-22-13-12-20-16-18(9-11-21(20)17-22)8-10-19-6-2-3-7-23(19)24-14-4-5-15-24/h2-7,9,11-17H,1H3. The molecule has 4 rings (SSSR count). The average Bonchev–Trinajstić information content (AvgIpc) is 3.20. The number of fused-ring (bicyclic) bond motifs is 1. The fraction of sp³-hybridized carbons (Fsp3) is 0.0435. The van der Waals surface area contributed by atoms with E-state index in [1.165, 1.54) is 0 Å². The lowest BCUT2D eigenvalue weighted by molar-refractivity contribution is 0.415. The molecule has 0 saturated heterocycles. The molecule has 2 nitrogen and oxygen atoms in total. The first-order valence-electron chi connectivity index (χ1n) is 8.16. The van der Waals surface area contributed by atoms with Crippen LogP contribution in [0.25, 0.3) is 16.5 Å². The van der Waals surface area contributed by atoms with E-state index in [1.54, 1.807) is 7.11 Å². The first kappa shape index (κ1) is 15.1. The highest BCUT2D eigenvalue weighted by atomic mass is 16.5. The lowest BCUT2D eigenvalue weighted by Gasteiger charge is -2.05. The van der Waals surface area contributed by atoms with Crippen LogP contribution in [-0.2, 0) is 0 Å². The maximum atomic E-state index is 5.28. The normalized spacial score (nSPS) is 10.3. The van der Waals surface area contributed by atoms with E-state index >= 15 is 0 Å². The maximum absolute atomic E-state index is 5.28. The van der Waals surface area contributed by atoms with Crippen LogP contribution < -0.4 is 4.74 Å². The number of methoxy groups -OCH3 is 1. The van der Waals surface area contributed by atoms with Gasteiger partial charge in [0.05, 0.1) is 12.8 Å². The van der Waals surface area contributed by atoms with E-state index in [0.29, 0.717) is 0 Å². The van der Waals surface area contributed by atoms with Crippen LogP contribution >= 0.6 is 0 Å². The van der Waals surface area contributed by atoms with E-state index in [4.69, 9.17) is 4.74 Å². The van der Waals surface area contributed by atoms with Crippen molar-refractivity contribution < 1.29 is 4.74 Å². The molecule has 0 aliphatic carbocycles. The topological polar surface area (TPSA) is 14.2 Å². The first-order chi connectivity index (χ1) is 12.3. The van der Waals surface area contributed by atoms with Gasteiger partial charge >= 0.3 is 0 Å². The number of para-hydroxylation sites is 1. The first-order valence-corrected chi connectivity index (χ1v) is 8.16. The maximum Gasteiger partial charge on any atom is 0.119 e. The molecule has 0 unspecified atom stereocenters. The zero-order chi connectivity index (χ0) is 17.1. The summed E-state index contributed by atoms with van der Waals surface area (Å²) < 4.78 is 7.36. The Bertz CT molecular complexity index is 1080. The molecule has 3 aromatic carbocycles. The Kier molecular flexibility index (Phi) is 3.98. The average molecular weight is 323 g/mol. The fourth-order valence-electron chi connectivity index (χ4n) is 2.87. The summed E-state index contributed by atoms with van der Waals surface area (Å²) in [6.07, 6.45) is 4.06. The van der Waals surface area contributed by atoms with Gasteiger partial charge in [-0.15, -0.1) is 0 Å². The van der Waals surface area contributed by atoms with Crippen molar-refractivity contribution in [1.82, 2.24) is 4.57 Å². The molecule has 0 amide bonds. The highest BCUT2D eigenvalue weighted by molar-refractivity contribution is 5.85. The van der Waals surface area contributed by atoms with Gasteiger partial charge < -0.3 is 9.30 Å². The number of hydrogen-bond acceptors (Lipinski definition) is 1. The quantitative estimate of drug-likeness (QED) is 0.471. The largest absolute Gasteiger partial charge is 0.497 e. The van der Waals surface area contributed by atoms with Crippen molar-refractivity contribution in [3.05, 3.63) is 96.3 Å². The Balaban J connectivity index is 1.71. The van der Waals surface area contributed by atoms with Gasteiger partial charge in [-0.3, -0.25) is 0 Å². The monoisotopic (exact) mass is 323 g/mol. The Morgan fingerprint density at radius 1 is 0.760 bits per heavy atom. The third-order valence-corrected chi connectivity index (χ3v) is 4.18. The molecule has 0 spiro atoms. The molecule has 0 fully saturated rings. The number of nitrogens with zero attached hydrogens (tertiary/aromatic N) is 1. The number of aromatic nitrogens is 1. The summed E-state index contributed by atoms with van der Waals surface area (Å²) in [5.41, 5.74) is 3.10. The molecule has 0 bridgehead atoms. The zero-order valence-electron chi connectivity index (χ0n) is 13.9. The summed E-state index contributed by atoms with van der Waals surface area (Å²) in [4.78, 5) is 0. The molecule has 0 atom stereocenters. The Morgan fingerprint density at radius 2 is 1.52 bits per heavy atom. The van der Waals surface area contributed by atoms with Crippen molar-refractivity contribution in [2.24, 2.45) is 0 Å². The second-order valence-corrected chi connectivity index (χ2v) is 5.79. The van der Waals surface area contributed by atoms with Crippen LogP contribution in [0.1, 0.15) is 11.1 Å². The summed E-state index contributed by atoms with van der Waals surface area (Å²) in [7, 11) is 1.68. The zero-order valence-corrected chi connectivity index (χ0v) is 13.9. The molecule has 4 aromatic rings. The van der Waals surface area contributed by atoms with Gasteiger partial charge in [-0.25, -0.2) is 0 Å². The van der Waals surface area contributed by atoms with Crippen molar-refractivity contribution in [2.45, 2.75) is 0 Å². The van der Waals surface area contributed by atoms with Gasteiger partial charge in [0, 0.05) is 23.5 Å². The van der Waals surface area contributed by atoms with Gasteiger partial charge in [0.1, 0.15) is 5.75 Å². The number of hydrogen-bond donors (Lipinski definition) is 0. The van der Waals surface area contributed by atoms with Gasteiger partial charge in [0.2, 0.25) is 0 Å². The van der Waals surface area contributed by atoms with Gasteiger partial charge in [-0.1, -0.05) is 36.1 Å². The lowest BCUT2D eigenvalue weighted by Crippen LogP contribution is -1.93. The second kappa shape index (κ2) is 6.59. The second-order valence-electron chi connectivity index (χ2n) is 5.79. The van der Waals surface area contributed by atoms with Crippen LogP contribution in [0.15, 0.2) is 85.2 Å². The lowest BCUT2D eigenvalue weighted by atomic mass is 10.1. The van der Waals surface area contributed by atoms with E-state index < -0.39 is 0 Å². The van der Waals surface area contributed by atoms with Crippen LogP contribution in [0, 0.1) is 11.8 Å². The number of ether oxygens (including phenoxy) is 1. The Hall–Kier alpha value is -3.44. The van der Waals surface area contributed by atoms with Gasteiger partial charge in [-0.05, 0) is 59.3 Å². The van der Waals surface area contributed by atoms with Crippen molar-refractivity contribution in [3.8, 4) is 23.3 Å². The molecule has 0 N–H and O–H groups in total. The summed E-state index contributed by atoms with van der Waals surface area (Å²) in [5.74, 6) is 7.47.